The van der Waals surface area contributed by atoms with Crippen molar-refractivity contribution in [2.75, 3.05) is 6.54 Å². The summed E-state index contributed by atoms with van der Waals surface area (Å²) in [7, 11) is 0. The van der Waals surface area contributed by atoms with Gasteiger partial charge >= 0.3 is 6.09 Å². The van der Waals surface area contributed by atoms with Crippen LogP contribution in [0.3, 0.4) is 0 Å². The molecule has 3 atom stereocenters. The van der Waals surface area contributed by atoms with E-state index in [2.05, 4.69) is 22.3 Å². The van der Waals surface area contributed by atoms with Gasteiger partial charge in [-0.3, -0.25) is 0 Å². The van der Waals surface area contributed by atoms with Crippen molar-refractivity contribution in [3.8, 4) is 0 Å². The number of hydrogen-bond acceptors (Lipinski definition) is 5. The van der Waals surface area contributed by atoms with Crippen molar-refractivity contribution < 1.29 is 19.7 Å². The molecule has 0 spiro atoms. The molecule has 0 aliphatic rings. The van der Waals surface area contributed by atoms with Crippen LogP contribution in [-0.4, -0.2) is 46.7 Å². The Hall–Kier alpha value is -1.50. The number of hydrogen-bond donors (Lipinski definition) is 3. The molecule has 0 aromatic carbocycles. The fraction of sp³-hybridized carbons (Fsp3) is 0.957. The summed E-state index contributed by atoms with van der Waals surface area (Å²) < 4.78 is 5.18. The summed E-state index contributed by atoms with van der Waals surface area (Å²) in [6.07, 6.45) is 12.2. The monoisotopic (exact) mass is 442 g/mol. The summed E-state index contributed by atoms with van der Waals surface area (Å²) in [6, 6.07) is -0.905. The number of ether oxygens (including phenoxy) is 1. The quantitative estimate of drug-likeness (QED) is 0.104. The van der Waals surface area contributed by atoms with Gasteiger partial charge in [-0.15, -0.1) is 0 Å². The molecule has 3 N–H and O–H groups in total. The van der Waals surface area contributed by atoms with Crippen molar-refractivity contribution >= 4 is 6.09 Å². The van der Waals surface area contributed by atoms with Crippen LogP contribution in [0, 0.1) is 0 Å². The number of nitrogens with one attached hydrogen (secondary N) is 1. The summed E-state index contributed by atoms with van der Waals surface area (Å²) in [5.41, 5.74) is 7.86. The molecule has 0 aromatic rings. The van der Waals surface area contributed by atoms with Crippen LogP contribution < -0.4 is 5.32 Å². The van der Waals surface area contributed by atoms with Gasteiger partial charge in [0.25, 0.3) is 0 Å². The highest BCUT2D eigenvalue weighted by Gasteiger charge is 2.28. The molecular weight excluding hydrogens is 396 g/mol. The lowest BCUT2D eigenvalue weighted by Crippen LogP contribution is -2.51. The second-order valence-corrected chi connectivity index (χ2v) is 9.40. The smallest absolute Gasteiger partial charge is 0.407 e. The number of nitrogens with zero attached hydrogens (tertiary/aromatic N) is 3. The van der Waals surface area contributed by atoms with E-state index >= 15 is 0 Å². The average molecular weight is 443 g/mol. The molecule has 0 fully saturated rings. The molecule has 1 amide bonds. The van der Waals surface area contributed by atoms with Crippen LogP contribution >= 0.6 is 0 Å². The standard InChI is InChI=1S/C23H46N4O4/c1-5-6-7-8-9-10-11-12-13-14-15-16-17-20(28)21(29)19(18-25-27-24)26-22(30)31-23(2,3)4/h19-21,28-29H,5-18H2,1-4H3,(H,26,30)/t19-,20+,21+/m0/s1. The highest BCUT2D eigenvalue weighted by molar-refractivity contribution is 5.68. The third-order valence-electron chi connectivity index (χ3n) is 5.20. The molecule has 0 unspecified atom stereocenters. The van der Waals surface area contributed by atoms with E-state index in [0.29, 0.717) is 6.42 Å². The first kappa shape index (κ1) is 29.5. The van der Waals surface area contributed by atoms with Gasteiger partial charge in [-0.25, -0.2) is 4.79 Å². The Morgan fingerprint density at radius 2 is 1.45 bits per heavy atom. The van der Waals surface area contributed by atoms with Crippen molar-refractivity contribution in [1.29, 1.82) is 0 Å². The lowest BCUT2D eigenvalue weighted by atomic mass is 9.99. The van der Waals surface area contributed by atoms with Crippen molar-refractivity contribution in [3.05, 3.63) is 10.4 Å². The first-order valence-electron chi connectivity index (χ1n) is 12.1. The first-order valence-corrected chi connectivity index (χ1v) is 12.1. The number of alkyl carbamates (subject to hydrolysis) is 1. The second kappa shape index (κ2) is 18.1. The molecule has 0 bridgehead atoms. The van der Waals surface area contributed by atoms with Crippen LogP contribution in [0.15, 0.2) is 5.11 Å². The maximum Gasteiger partial charge on any atom is 0.407 e. The zero-order chi connectivity index (χ0) is 23.5. The first-order chi connectivity index (χ1) is 14.7. The Kier molecular flexibility index (Phi) is 17.2. The maximum absolute atomic E-state index is 12.0. The van der Waals surface area contributed by atoms with Gasteiger partial charge in [-0.05, 0) is 32.7 Å². The van der Waals surface area contributed by atoms with Gasteiger partial charge in [0.1, 0.15) is 11.7 Å². The van der Waals surface area contributed by atoms with E-state index in [1.807, 2.05) is 0 Å². The summed E-state index contributed by atoms with van der Waals surface area (Å²) in [5, 5.41) is 26.7. The van der Waals surface area contributed by atoms with Gasteiger partial charge in [-0.2, -0.15) is 0 Å². The Labute approximate surface area is 188 Å². The molecule has 0 heterocycles. The fourth-order valence-corrected chi connectivity index (χ4v) is 3.46. The van der Waals surface area contributed by atoms with Crippen LogP contribution in [0.5, 0.6) is 0 Å². The Morgan fingerprint density at radius 1 is 0.968 bits per heavy atom. The highest BCUT2D eigenvalue weighted by Crippen LogP contribution is 2.15. The summed E-state index contributed by atoms with van der Waals surface area (Å²) in [4.78, 5) is 14.6. The molecule has 0 rings (SSSR count). The average Bonchev–Trinajstić information content (AvgIpc) is 2.69. The van der Waals surface area contributed by atoms with Crippen molar-refractivity contribution in [2.24, 2.45) is 5.11 Å². The van der Waals surface area contributed by atoms with Crippen LogP contribution in [0.4, 0.5) is 4.79 Å². The molecule has 0 saturated carbocycles. The molecule has 0 radical (unpaired) electrons. The minimum absolute atomic E-state index is 0.160. The van der Waals surface area contributed by atoms with E-state index in [4.69, 9.17) is 10.3 Å². The summed E-state index contributed by atoms with van der Waals surface area (Å²) in [5.74, 6) is 0. The Balaban J connectivity index is 4.06. The summed E-state index contributed by atoms with van der Waals surface area (Å²) in [6.45, 7) is 7.27. The lowest BCUT2D eigenvalue weighted by Gasteiger charge is -2.28. The van der Waals surface area contributed by atoms with E-state index in [1.165, 1.54) is 57.8 Å². The fourth-order valence-electron chi connectivity index (χ4n) is 3.46. The van der Waals surface area contributed by atoms with Gasteiger partial charge < -0.3 is 20.3 Å². The predicted octanol–water partition coefficient (Wildman–Crippen LogP) is 6.00. The SMILES string of the molecule is CCCCCCCCCCCCCC[C@@H](O)[C@H](O)[C@H](CN=[N+]=[N-])NC(=O)OC(C)(C)C. The second-order valence-electron chi connectivity index (χ2n) is 9.40. The van der Waals surface area contributed by atoms with Crippen molar-refractivity contribution in [2.45, 2.75) is 135 Å². The molecular formula is C23H46N4O4. The number of azide groups is 1. The molecule has 0 aliphatic carbocycles. The zero-order valence-electron chi connectivity index (χ0n) is 20.2. The minimum Gasteiger partial charge on any atom is -0.444 e. The number of carbonyl (C=O) groups is 1. The van der Waals surface area contributed by atoms with Crippen LogP contribution in [0.25, 0.3) is 10.4 Å². The topological polar surface area (TPSA) is 128 Å². The van der Waals surface area contributed by atoms with Crippen molar-refractivity contribution in [1.82, 2.24) is 5.32 Å². The molecule has 8 heteroatoms. The highest BCUT2D eigenvalue weighted by atomic mass is 16.6. The number of aliphatic hydroxyl groups excluding tert-OH is 2. The molecule has 0 aromatic heterocycles. The molecule has 0 aliphatic heterocycles. The van der Waals surface area contributed by atoms with Gasteiger partial charge in [0.15, 0.2) is 0 Å². The number of carbonyl (C=O) groups excluding carboxylic acids is 1. The lowest BCUT2D eigenvalue weighted by molar-refractivity contribution is -0.0118. The molecule has 182 valence electrons. The van der Waals surface area contributed by atoms with Gasteiger partial charge in [0.2, 0.25) is 0 Å². The summed E-state index contributed by atoms with van der Waals surface area (Å²) >= 11 is 0. The van der Waals surface area contributed by atoms with Gasteiger partial charge in [0, 0.05) is 11.5 Å². The van der Waals surface area contributed by atoms with E-state index in [1.54, 1.807) is 20.8 Å². The molecule has 0 saturated heterocycles. The number of amides is 1. The molecule has 8 nitrogen and oxygen atoms in total. The van der Waals surface area contributed by atoms with Crippen molar-refractivity contribution in [3.63, 3.8) is 0 Å². The largest absolute Gasteiger partial charge is 0.444 e. The maximum atomic E-state index is 12.0. The third kappa shape index (κ3) is 17.8. The number of aliphatic hydroxyl groups is 2. The molecule has 31 heavy (non-hydrogen) atoms. The van der Waals surface area contributed by atoms with E-state index in [-0.39, 0.29) is 6.54 Å². The van der Waals surface area contributed by atoms with Gasteiger partial charge in [-0.1, -0.05) is 89.1 Å². The normalized spacial score (nSPS) is 14.4. The third-order valence-corrected chi connectivity index (χ3v) is 5.20. The Morgan fingerprint density at radius 3 is 1.90 bits per heavy atom. The minimum atomic E-state index is -1.23. The van der Waals surface area contributed by atoms with Gasteiger partial charge in [0.05, 0.1) is 12.1 Å². The van der Waals surface area contributed by atoms with Crippen LogP contribution in [0.2, 0.25) is 0 Å². The van der Waals surface area contributed by atoms with E-state index in [9.17, 15) is 15.0 Å². The zero-order valence-corrected chi connectivity index (χ0v) is 20.2. The Bertz CT molecular complexity index is 504. The predicted molar refractivity (Wildman–Crippen MR) is 125 cm³/mol. The van der Waals surface area contributed by atoms with Crippen LogP contribution in [0.1, 0.15) is 111 Å². The number of unbranched alkanes of at least 4 members (excludes halogenated alkanes) is 11. The van der Waals surface area contributed by atoms with Crippen LogP contribution in [-0.2, 0) is 4.74 Å². The van der Waals surface area contributed by atoms with E-state index in [0.717, 1.165) is 19.3 Å². The number of rotatable bonds is 18. The van der Waals surface area contributed by atoms with E-state index < -0.39 is 29.9 Å².